The van der Waals surface area contributed by atoms with Gasteiger partial charge >= 0.3 is 5.63 Å². The van der Waals surface area contributed by atoms with E-state index in [1.165, 1.54) is 38.3 Å². The predicted octanol–water partition coefficient (Wildman–Crippen LogP) is -0.595. The van der Waals surface area contributed by atoms with Crippen LogP contribution in [0.3, 0.4) is 0 Å². The Balaban J connectivity index is 1.86. The topological polar surface area (TPSA) is 39.1 Å². The molecule has 3 rings (SSSR count). The van der Waals surface area contributed by atoms with E-state index in [-0.39, 0.29) is 5.63 Å². The molecule has 1 aromatic heterocycles. The van der Waals surface area contributed by atoms with Crippen LogP contribution in [-0.2, 0) is 6.54 Å². The fourth-order valence-electron chi connectivity index (χ4n) is 3.24. The quantitative estimate of drug-likeness (QED) is 0.741. The van der Waals surface area contributed by atoms with E-state index in [4.69, 9.17) is 4.42 Å². The summed E-state index contributed by atoms with van der Waals surface area (Å²) in [6.45, 7) is 11.3. The van der Waals surface area contributed by atoms with Crippen molar-refractivity contribution < 1.29 is 14.2 Å². The van der Waals surface area contributed by atoms with E-state index in [2.05, 4.69) is 19.9 Å². The normalized spacial score (nSPS) is 22.6. The van der Waals surface area contributed by atoms with Crippen molar-refractivity contribution in [3.63, 3.8) is 0 Å². The molecule has 21 heavy (non-hydrogen) atoms. The first-order chi connectivity index (χ1) is 10.2. The minimum atomic E-state index is -0.237. The first-order valence-electron chi connectivity index (χ1n) is 7.86. The van der Waals surface area contributed by atoms with Gasteiger partial charge in [0.05, 0.1) is 6.54 Å². The molecule has 1 aromatic carbocycles. The third-order valence-electron chi connectivity index (χ3n) is 4.59. The molecule has 112 valence electrons. The van der Waals surface area contributed by atoms with Crippen molar-refractivity contribution in [2.24, 2.45) is 0 Å². The number of hydrogen-bond donors (Lipinski definition) is 2. The van der Waals surface area contributed by atoms with Crippen LogP contribution in [0, 0.1) is 6.92 Å². The van der Waals surface area contributed by atoms with Crippen molar-refractivity contribution in [3.8, 4) is 0 Å². The van der Waals surface area contributed by atoms with Gasteiger partial charge in [0.2, 0.25) is 0 Å². The second kappa shape index (κ2) is 6.00. The van der Waals surface area contributed by atoms with E-state index in [1.807, 2.05) is 12.1 Å². The summed E-state index contributed by atoms with van der Waals surface area (Å²) >= 11 is 0. The molecular formula is C17H24N2O2+2. The highest BCUT2D eigenvalue weighted by Crippen LogP contribution is 2.17. The smallest absolute Gasteiger partial charge is 0.336 e. The van der Waals surface area contributed by atoms with Crippen molar-refractivity contribution >= 4 is 11.0 Å². The number of quaternary nitrogens is 2. The van der Waals surface area contributed by atoms with Crippen LogP contribution < -0.4 is 15.4 Å². The lowest BCUT2D eigenvalue weighted by atomic mass is 10.1. The van der Waals surface area contributed by atoms with Crippen LogP contribution in [0.2, 0.25) is 0 Å². The minimum absolute atomic E-state index is 0.237. The number of hydrogen-bond acceptors (Lipinski definition) is 2. The molecule has 1 aliphatic heterocycles. The molecule has 1 saturated heterocycles. The molecule has 0 amide bonds. The van der Waals surface area contributed by atoms with Crippen LogP contribution in [-0.4, -0.2) is 32.7 Å². The monoisotopic (exact) mass is 288 g/mol. The zero-order chi connectivity index (χ0) is 14.8. The van der Waals surface area contributed by atoms with Gasteiger partial charge in [-0.2, -0.15) is 0 Å². The molecule has 0 saturated carbocycles. The Bertz CT molecular complexity index is 685. The van der Waals surface area contributed by atoms with E-state index >= 15 is 0 Å². The third kappa shape index (κ3) is 3.17. The molecule has 4 nitrogen and oxygen atoms in total. The molecular weight excluding hydrogens is 264 g/mol. The standard InChI is InChI=1S/C17H22N2O2/c1-3-18-6-8-19(9-7-18)12-14-11-17(20)21-16-5-4-13(2)10-15(14)16/h4-5,10-11H,3,6-9,12H2,1-2H3/p+2. The Labute approximate surface area is 125 Å². The molecule has 4 heteroatoms. The van der Waals surface area contributed by atoms with Crippen molar-refractivity contribution in [2.45, 2.75) is 20.4 Å². The summed E-state index contributed by atoms with van der Waals surface area (Å²) in [5, 5.41) is 1.09. The van der Waals surface area contributed by atoms with Gasteiger partial charge in [0.25, 0.3) is 0 Å². The zero-order valence-electron chi connectivity index (χ0n) is 12.9. The van der Waals surface area contributed by atoms with Crippen LogP contribution >= 0.6 is 0 Å². The van der Waals surface area contributed by atoms with Gasteiger partial charge in [-0.3, -0.25) is 0 Å². The van der Waals surface area contributed by atoms with E-state index in [0.29, 0.717) is 5.58 Å². The summed E-state index contributed by atoms with van der Waals surface area (Å²) in [7, 11) is 0. The van der Waals surface area contributed by atoms with Gasteiger partial charge < -0.3 is 14.2 Å². The highest BCUT2D eigenvalue weighted by molar-refractivity contribution is 5.80. The SMILES string of the molecule is CC[NH+]1CC[NH+](Cc2cc(=O)oc3ccc(C)cc23)CC1. The van der Waals surface area contributed by atoms with E-state index in [9.17, 15) is 4.79 Å². The summed E-state index contributed by atoms with van der Waals surface area (Å²) in [5.41, 5.74) is 2.80. The van der Waals surface area contributed by atoms with Gasteiger partial charge in [-0.1, -0.05) is 11.6 Å². The Morgan fingerprint density at radius 3 is 2.52 bits per heavy atom. The van der Waals surface area contributed by atoms with Crippen molar-refractivity contribution in [2.75, 3.05) is 32.7 Å². The molecule has 2 aromatic rings. The maximum atomic E-state index is 11.7. The van der Waals surface area contributed by atoms with E-state index in [0.717, 1.165) is 17.5 Å². The lowest BCUT2D eigenvalue weighted by molar-refractivity contribution is -1.02. The van der Waals surface area contributed by atoms with Gasteiger partial charge in [-0.05, 0) is 26.0 Å². The first-order valence-corrected chi connectivity index (χ1v) is 7.86. The van der Waals surface area contributed by atoms with Crippen LogP contribution in [0.25, 0.3) is 11.0 Å². The van der Waals surface area contributed by atoms with Gasteiger partial charge in [0.15, 0.2) is 0 Å². The van der Waals surface area contributed by atoms with E-state index < -0.39 is 0 Å². The van der Waals surface area contributed by atoms with Crippen molar-refractivity contribution in [3.05, 3.63) is 45.8 Å². The maximum Gasteiger partial charge on any atom is 0.336 e. The number of aryl methyl sites for hydroxylation is 1. The number of fused-ring (bicyclic) bond motifs is 1. The molecule has 2 N–H and O–H groups in total. The third-order valence-corrected chi connectivity index (χ3v) is 4.59. The number of nitrogens with one attached hydrogen (secondary N) is 2. The Hall–Kier alpha value is -1.65. The summed E-state index contributed by atoms with van der Waals surface area (Å²) in [4.78, 5) is 15.0. The van der Waals surface area contributed by atoms with Gasteiger partial charge in [0.1, 0.15) is 38.3 Å². The fourth-order valence-corrected chi connectivity index (χ4v) is 3.24. The molecule has 0 bridgehead atoms. The average Bonchev–Trinajstić information content (AvgIpc) is 2.49. The molecule has 1 aliphatic rings. The van der Waals surface area contributed by atoms with Crippen molar-refractivity contribution in [1.29, 1.82) is 0 Å². The highest BCUT2D eigenvalue weighted by atomic mass is 16.4. The average molecular weight is 288 g/mol. The second-order valence-corrected chi connectivity index (χ2v) is 6.12. The van der Waals surface area contributed by atoms with Crippen LogP contribution in [0.4, 0.5) is 0 Å². The summed E-state index contributed by atoms with van der Waals surface area (Å²) in [5.74, 6) is 0. The van der Waals surface area contributed by atoms with E-state index in [1.54, 1.807) is 15.9 Å². The Kier molecular flexibility index (Phi) is 4.08. The molecule has 0 radical (unpaired) electrons. The molecule has 2 heterocycles. The summed E-state index contributed by atoms with van der Waals surface area (Å²) in [6.07, 6.45) is 0. The summed E-state index contributed by atoms with van der Waals surface area (Å²) < 4.78 is 5.31. The van der Waals surface area contributed by atoms with Gasteiger partial charge in [-0.25, -0.2) is 4.79 Å². The lowest BCUT2D eigenvalue weighted by Crippen LogP contribution is -3.27. The molecule has 1 fully saturated rings. The van der Waals surface area contributed by atoms with Gasteiger partial charge in [-0.15, -0.1) is 0 Å². The number of piperazine rings is 1. The first kappa shape index (κ1) is 14.3. The number of benzene rings is 1. The number of rotatable bonds is 3. The number of likely N-dealkylation sites (N-methyl/N-ethyl adjacent to an activating group) is 1. The molecule has 0 aliphatic carbocycles. The second-order valence-electron chi connectivity index (χ2n) is 6.12. The van der Waals surface area contributed by atoms with Crippen LogP contribution in [0.5, 0.6) is 0 Å². The largest absolute Gasteiger partial charge is 0.423 e. The Morgan fingerprint density at radius 2 is 1.81 bits per heavy atom. The zero-order valence-corrected chi connectivity index (χ0v) is 12.9. The fraction of sp³-hybridized carbons (Fsp3) is 0.471. The molecule has 0 unspecified atom stereocenters. The van der Waals surface area contributed by atoms with Crippen LogP contribution in [0.15, 0.2) is 33.5 Å². The predicted molar refractivity (Wildman–Crippen MR) is 82.9 cm³/mol. The van der Waals surface area contributed by atoms with Gasteiger partial charge in [0, 0.05) is 17.0 Å². The van der Waals surface area contributed by atoms with Crippen LogP contribution in [0.1, 0.15) is 18.1 Å². The van der Waals surface area contributed by atoms with Crippen molar-refractivity contribution in [1.82, 2.24) is 0 Å². The molecule has 0 atom stereocenters. The summed E-state index contributed by atoms with van der Waals surface area (Å²) in [6, 6.07) is 7.70. The molecule has 0 spiro atoms. The maximum absolute atomic E-state index is 11.7. The highest BCUT2D eigenvalue weighted by Gasteiger charge is 2.22. The minimum Gasteiger partial charge on any atom is -0.423 e. The lowest BCUT2D eigenvalue weighted by Gasteiger charge is -2.29. The Morgan fingerprint density at radius 1 is 1.10 bits per heavy atom.